The molecule has 1 amide bonds. The van der Waals surface area contributed by atoms with Gasteiger partial charge in [0, 0.05) is 22.9 Å². The number of nitrogens with two attached hydrogens (primary N) is 1. The van der Waals surface area contributed by atoms with Crippen molar-refractivity contribution >= 4 is 34.7 Å². The van der Waals surface area contributed by atoms with Crippen LogP contribution in [0.1, 0.15) is 25.7 Å². The SMILES string of the molecule is Nc1ccc(CCNC(=O)c2cc3c(s2)CCSC3)cc1. The molecule has 1 aromatic heterocycles. The molecule has 1 aliphatic heterocycles. The van der Waals surface area contributed by atoms with E-state index < -0.39 is 0 Å². The van der Waals surface area contributed by atoms with Crippen LogP contribution >= 0.6 is 23.1 Å². The number of aryl methyl sites for hydroxylation is 1. The molecular weight excluding hydrogens is 300 g/mol. The van der Waals surface area contributed by atoms with Crippen LogP contribution in [-0.2, 0) is 18.6 Å². The van der Waals surface area contributed by atoms with E-state index >= 15 is 0 Å². The van der Waals surface area contributed by atoms with Crippen LogP contribution in [0.25, 0.3) is 0 Å². The monoisotopic (exact) mass is 318 g/mol. The smallest absolute Gasteiger partial charge is 0.261 e. The molecule has 0 unspecified atom stereocenters. The van der Waals surface area contributed by atoms with Crippen LogP contribution in [-0.4, -0.2) is 18.2 Å². The molecule has 21 heavy (non-hydrogen) atoms. The summed E-state index contributed by atoms with van der Waals surface area (Å²) in [5.74, 6) is 2.27. The Morgan fingerprint density at radius 1 is 1.29 bits per heavy atom. The third-order valence-electron chi connectivity index (χ3n) is 3.53. The highest BCUT2D eigenvalue weighted by molar-refractivity contribution is 7.98. The van der Waals surface area contributed by atoms with Gasteiger partial charge in [0.05, 0.1) is 4.88 Å². The molecule has 5 heteroatoms. The van der Waals surface area contributed by atoms with Crippen molar-refractivity contribution in [3.63, 3.8) is 0 Å². The topological polar surface area (TPSA) is 55.1 Å². The third kappa shape index (κ3) is 3.60. The fraction of sp³-hybridized carbons (Fsp3) is 0.312. The van der Waals surface area contributed by atoms with E-state index in [1.165, 1.54) is 21.8 Å². The number of benzene rings is 1. The quantitative estimate of drug-likeness (QED) is 0.852. The number of carbonyl (C=O) groups excluding carboxylic acids is 1. The second-order valence-corrected chi connectivity index (χ2v) is 7.35. The van der Waals surface area contributed by atoms with Crippen molar-refractivity contribution in [2.75, 3.05) is 18.0 Å². The molecule has 0 aliphatic carbocycles. The Balaban J connectivity index is 1.54. The Morgan fingerprint density at radius 2 is 2.10 bits per heavy atom. The zero-order valence-corrected chi connectivity index (χ0v) is 13.4. The first-order valence-electron chi connectivity index (χ1n) is 7.04. The predicted octanol–water partition coefficient (Wildman–Crippen LogP) is 3.09. The molecule has 1 aromatic carbocycles. The van der Waals surface area contributed by atoms with E-state index in [0.29, 0.717) is 6.54 Å². The Hall–Kier alpha value is -1.46. The Labute approximate surface area is 132 Å². The second-order valence-electron chi connectivity index (χ2n) is 5.11. The minimum absolute atomic E-state index is 0.0508. The lowest BCUT2D eigenvalue weighted by atomic mass is 10.1. The van der Waals surface area contributed by atoms with Gasteiger partial charge in [0.15, 0.2) is 0 Å². The van der Waals surface area contributed by atoms with Gasteiger partial charge < -0.3 is 11.1 Å². The maximum absolute atomic E-state index is 12.2. The number of rotatable bonds is 4. The van der Waals surface area contributed by atoms with Crippen LogP contribution < -0.4 is 11.1 Å². The lowest BCUT2D eigenvalue weighted by Gasteiger charge is -2.08. The van der Waals surface area contributed by atoms with Crippen molar-refractivity contribution in [3.05, 3.63) is 51.2 Å². The molecule has 0 saturated carbocycles. The predicted molar refractivity (Wildman–Crippen MR) is 91.1 cm³/mol. The maximum Gasteiger partial charge on any atom is 0.261 e. The van der Waals surface area contributed by atoms with Crippen molar-refractivity contribution < 1.29 is 4.79 Å². The minimum atomic E-state index is 0.0508. The van der Waals surface area contributed by atoms with Crippen LogP contribution in [0.3, 0.4) is 0 Å². The zero-order valence-electron chi connectivity index (χ0n) is 11.7. The van der Waals surface area contributed by atoms with Gasteiger partial charge in [0.1, 0.15) is 0 Å². The van der Waals surface area contributed by atoms with Gasteiger partial charge in [-0.25, -0.2) is 0 Å². The summed E-state index contributed by atoms with van der Waals surface area (Å²) >= 11 is 3.59. The number of thioether (sulfide) groups is 1. The highest BCUT2D eigenvalue weighted by Gasteiger charge is 2.17. The third-order valence-corrected chi connectivity index (χ3v) is 5.77. The summed E-state index contributed by atoms with van der Waals surface area (Å²) in [7, 11) is 0. The van der Waals surface area contributed by atoms with E-state index in [1.807, 2.05) is 36.0 Å². The number of hydrogen-bond donors (Lipinski definition) is 2. The van der Waals surface area contributed by atoms with Crippen molar-refractivity contribution in [3.8, 4) is 0 Å². The van der Waals surface area contributed by atoms with Crippen LogP contribution in [0.15, 0.2) is 30.3 Å². The number of carbonyl (C=O) groups is 1. The van der Waals surface area contributed by atoms with E-state index in [0.717, 1.165) is 29.2 Å². The molecule has 2 heterocycles. The average molecular weight is 318 g/mol. The van der Waals surface area contributed by atoms with Crippen molar-refractivity contribution in [1.29, 1.82) is 0 Å². The Kier molecular flexibility index (Phi) is 4.51. The summed E-state index contributed by atoms with van der Waals surface area (Å²) < 4.78 is 0. The molecule has 0 radical (unpaired) electrons. The van der Waals surface area contributed by atoms with Crippen LogP contribution in [0.4, 0.5) is 5.69 Å². The standard InChI is InChI=1S/C16H18N2OS2/c17-13-3-1-11(2-4-13)5-7-18-16(19)15-9-12-10-20-8-6-14(12)21-15/h1-4,9H,5-8,10,17H2,(H,18,19). The molecule has 2 aromatic rings. The van der Waals surface area contributed by atoms with Gasteiger partial charge in [0.2, 0.25) is 0 Å². The largest absolute Gasteiger partial charge is 0.399 e. The number of thiophene rings is 1. The Bertz CT molecular complexity index is 611. The number of nitrogens with one attached hydrogen (secondary N) is 1. The highest BCUT2D eigenvalue weighted by Crippen LogP contribution is 2.31. The molecule has 0 atom stereocenters. The van der Waals surface area contributed by atoms with Gasteiger partial charge in [-0.05, 0) is 47.9 Å². The molecule has 3 nitrogen and oxygen atoms in total. The Morgan fingerprint density at radius 3 is 2.86 bits per heavy atom. The van der Waals surface area contributed by atoms with Gasteiger partial charge in [-0.3, -0.25) is 4.79 Å². The summed E-state index contributed by atoms with van der Waals surface area (Å²) in [5.41, 5.74) is 8.96. The molecule has 110 valence electrons. The normalized spacial score (nSPS) is 13.7. The van der Waals surface area contributed by atoms with Gasteiger partial charge in [-0.1, -0.05) is 12.1 Å². The first kappa shape index (κ1) is 14.5. The second kappa shape index (κ2) is 6.54. The average Bonchev–Trinajstić information content (AvgIpc) is 2.93. The molecule has 3 N–H and O–H groups in total. The first-order chi connectivity index (χ1) is 10.2. The number of hydrogen-bond acceptors (Lipinski definition) is 4. The maximum atomic E-state index is 12.2. The fourth-order valence-corrected chi connectivity index (χ4v) is 4.64. The van der Waals surface area contributed by atoms with Crippen molar-refractivity contribution in [1.82, 2.24) is 5.32 Å². The van der Waals surface area contributed by atoms with E-state index in [1.54, 1.807) is 11.3 Å². The lowest BCUT2D eigenvalue weighted by Crippen LogP contribution is -2.24. The number of fused-ring (bicyclic) bond motifs is 1. The fourth-order valence-electron chi connectivity index (χ4n) is 2.35. The van der Waals surface area contributed by atoms with Gasteiger partial charge in [-0.15, -0.1) is 11.3 Å². The summed E-state index contributed by atoms with van der Waals surface area (Å²) in [6.07, 6.45) is 1.93. The molecule has 0 fully saturated rings. The molecule has 0 spiro atoms. The van der Waals surface area contributed by atoms with Crippen molar-refractivity contribution in [2.24, 2.45) is 0 Å². The summed E-state index contributed by atoms with van der Waals surface area (Å²) in [6.45, 7) is 0.653. The van der Waals surface area contributed by atoms with Gasteiger partial charge in [-0.2, -0.15) is 11.8 Å². The molecule has 0 saturated heterocycles. The van der Waals surface area contributed by atoms with Crippen LogP contribution in [0.5, 0.6) is 0 Å². The molecule has 3 rings (SSSR count). The van der Waals surface area contributed by atoms with E-state index in [-0.39, 0.29) is 5.91 Å². The minimum Gasteiger partial charge on any atom is -0.399 e. The lowest BCUT2D eigenvalue weighted by molar-refractivity contribution is 0.0958. The molecular formula is C16H18N2OS2. The summed E-state index contributed by atoms with van der Waals surface area (Å²) in [4.78, 5) is 14.4. The zero-order chi connectivity index (χ0) is 14.7. The van der Waals surface area contributed by atoms with E-state index in [9.17, 15) is 4.79 Å². The summed E-state index contributed by atoms with van der Waals surface area (Å²) in [5, 5.41) is 3.00. The molecule has 0 bridgehead atoms. The van der Waals surface area contributed by atoms with Crippen LogP contribution in [0.2, 0.25) is 0 Å². The van der Waals surface area contributed by atoms with Gasteiger partial charge in [0.25, 0.3) is 5.91 Å². The van der Waals surface area contributed by atoms with Crippen LogP contribution in [0, 0.1) is 0 Å². The van der Waals surface area contributed by atoms with Crippen molar-refractivity contribution in [2.45, 2.75) is 18.6 Å². The molecule has 1 aliphatic rings. The number of amides is 1. The van der Waals surface area contributed by atoms with E-state index in [2.05, 4.69) is 11.4 Å². The number of anilines is 1. The highest BCUT2D eigenvalue weighted by atomic mass is 32.2. The number of nitrogen functional groups attached to an aromatic ring is 1. The van der Waals surface area contributed by atoms with Gasteiger partial charge >= 0.3 is 0 Å². The van der Waals surface area contributed by atoms with E-state index in [4.69, 9.17) is 5.73 Å². The first-order valence-corrected chi connectivity index (χ1v) is 9.01. The summed E-state index contributed by atoms with van der Waals surface area (Å²) in [6, 6.07) is 9.85.